The minimum absolute atomic E-state index is 0.113. The molecule has 2 aromatic carbocycles. The Balaban J connectivity index is 1.89. The van der Waals surface area contributed by atoms with Crippen LogP contribution < -0.4 is 0 Å². The van der Waals surface area contributed by atoms with Crippen molar-refractivity contribution < 1.29 is 9.53 Å². The van der Waals surface area contributed by atoms with Crippen molar-refractivity contribution in [3.05, 3.63) is 79.8 Å². The summed E-state index contributed by atoms with van der Waals surface area (Å²) in [6, 6.07) is 16.1. The quantitative estimate of drug-likeness (QED) is 0.403. The van der Waals surface area contributed by atoms with Gasteiger partial charge in [-0.25, -0.2) is 9.79 Å². The fourth-order valence-corrected chi connectivity index (χ4v) is 5.95. The molecule has 0 unspecified atom stereocenters. The number of esters is 1. The van der Waals surface area contributed by atoms with Gasteiger partial charge in [-0.15, -0.1) is 0 Å². The van der Waals surface area contributed by atoms with E-state index in [-0.39, 0.29) is 17.9 Å². The number of carbonyl (C=O) groups excluding carboxylic acids is 1. The molecule has 0 spiro atoms. The highest BCUT2D eigenvalue weighted by Crippen LogP contribution is 2.56. The summed E-state index contributed by atoms with van der Waals surface area (Å²) in [4.78, 5) is 20.8. The van der Waals surface area contributed by atoms with Crippen molar-refractivity contribution >= 4 is 50.4 Å². The number of fused-ring (bicyclic) bond motifs is 1. The molecule has 4 nitrogen and oxygen atoms in total. The smallest absolute Gasteiger partial charge is 0.346 e. The van der Waals surface area contributed by atoms with Crippen LogP contribution >= 0.6 is 39.3 Å². The number of allylic oxidation sites excluding steroid dienone is 1. The molecule has 4 rings (SSSR count). The van der Waals surface area contributed by atoms with Crippen LogP contribution in [-0.4, -0.2) is 22.6 Å². The van der Waals surface area contributed by atoms with E-state index in [1.165, 1.54) is 11.8 Å². The summed E-state index contributed by atoms with van der Waals surface area (Å²) in [6.07, 6.45) is 0. The SMILES string of the molecule is CCOC(=O)C1=C(C(C)C)N2C(=N[C@@](C)(c3ccc(Br)cc3)[C@H]2c2ccc(Cl)cc2)S1. The second kappa shape index (κ2) is 8.64. The first-order chi connectivity index (χ1) is 14.8. The Labute approximate surface area is 200 Å². The minimum atomic E-state index is -0.531. The molecule has 0 N–H and O–H groups in total. The average Bonchev–Trinajstić information content (AvgIpc) is 3.22. The Kier molecular flexibility index (Phi) is 6.25. The fourth-order valence-electron chi connectivity index (χ4n) is 4.25. The maximum absolute atomic E-state index is 12.7. The highest BCUT2D eigenvalue weighted by Gasteiger charge is 2.53. The summed E-state index contributed by atoms with van der Waals surface area (Å²) >= 11 is 11.1. The van der Waals surface area contributed by atoms with Gasteiger partial charge in [0.1, 0.15) is 10.4 Å². The number of benzene rings is 2. The molecular formula is C24H24BrClN2O2S. The number of hydrogen-bond donors (Lipinski definition) is 0. The Hall–Kier alpha value is -1.76. The van der Waals surface area contributed by atoms with Crippen molar-refractivity contribution in [2.75, 3.05) is 6.61 Å². The van der Waals surface area contributed by atoms with Gasteiger partial charge in [0.25, 0.3) is 0 Å². The van der Waals surface area contributed by atoms with Crippen LogP contribution in [0.5, 0.6) is 0 Å². The molecule has 0 fully saturated rings. The number of nitrogens with zero attached hydrogens (tertiary/aromatic N) is 2. The van der Waals surface area contributed by atoms with E-state index in [1.807, 2.05) is 43.3 Å². The third kappa shape index (κ3) is 3.94. The maximum Gasteiger partial charge on any atom is 0.346 e. The van der Waals surface area contributed by atoms with Gasteiger partial charge in [-0.05, 0) is 66.9 Å². The zero-order chi connectivity index (χ0) is 22.3. The van der Waals surface area contributed by atoms with E-state index in [1.54, 1.807) is 0 Å². The number of carbonyl (C=O) groups is 1. The van der Waals surface area contributed by atoms with Gasteiger partial charge in [-0.2, -0.15) is 0 Å². The van der Waals surface area contributed by atoms with Crippen LogP contribution in [0.2, 0.25) is 5.02 Å². The number of thioether (sulfide) groups is 1. The first-order valence-corrected chi connectivity index (χ1v) is 12.2. The summed E-state index contributed by atoms with van der Waals surface area (Å²) in [6.45, 7) is 8.53. The minimum Gasteiger partial charge on any atom is -0.462 e. The predicted octanol–water partition coefficient (Wildman–Crippen LogP) is 6.91. The molecule has 2 heterocycles. The molecule has 0 aliphatic carbocycles. The lowest BCUT2D eigenvalue weighted by atomic mass is 9.81. The van der Waals surface area contributed by atoms with Crippen molar-refractivity contribution in [2.24, 2.45) is 10.9 Å². The van der Waals surface area contributed by atoms with Gasteiger partial charge >= 0.3 is 5.97 Å². The Morgan fingerprint density at radius 3 is 2.45 bits per heavy atom. The lowest BCUT2D eigenvalue weighted by molar-refractivity contribution is -0.137. The lowest BCUT2D eigenvalue weighted by Crippen LogP contribution is -2.36. The molecular weight excluding hydrogens is 496 g/mol. The normalized spacial score (nSPS) is 22.7. The highest BCUT2D eigenvalue weighted by molar-refractivity contribution is 9.10. The zero-order valence-electron chi connectivity index (χ0n) is 17.9. The van der Waals surface area contributed by atoms with Gasteiger partial charge in [0.2, 0.25) is 0 Å². The molecule has 0 radical (unpaired) electrons. The molecule has 0 amide bonds. The number of amidine groups is 1. The molecule has 31 heavy (non-hydrogen) atoms. The number of rotatable bonds is 5. The van der Waals surface area contributed by atoms with Crippen LogP contribution in [0.4, 0.5) is 0 Å². The van der Waals surface area contributed by atoms with E-state index in [0.717, 1.165) is 26.5 Å². The standard InChI is InChI=1S/C24H24BrClN2O2S/c1-5-30-22(29)20-19(14(2)3)28-21(15-6-12-18(26)13-7-15)24(4,27-23(28)31-20)16-8-10-17(25)11-9-16/h6-14,21H,5H2,1-4H3/t21-,24+/m1/s1. The second-order valence-electron chi connectivity index (χ2n) is 8.06. The Morgan fingerprint density at radius 2 is 1.87 bits per heavy atom. The van der Waals surface area contributed by atoms with Crippen molar-refractivity contribution in [2.45, 2.75) is 39.3 Å². The second-order valence-corrected chi connectivity index (χ2v) is 10.4. The zero-order valence-corrected chi connectivity index (χ0v) is 21.0. The van der Waals surface area contributed by atoms with E-state index in [9.17, 15) is 4.79 Å². The average molecular weight is 520 g/mol. The van der Waals surface area contributed by atoms with Crippen LogP contribution in [0.1, 0.15) is 44.9 Å². The number of aliphatic imine (C=N–C) groups is 1. The third-order valence-corrected chi connectivity index (χ3v) is 7.46. The summed E-state index contributed by atoms with van der Waals surface area (Å²) < 4.78 is 6.38. The summed E-state index contributed by atoms with van der Waals surface area (Å²) in [5.41, 5.74) is 2.64. The first kappa shape index (κ1) is 22.4. The van der Waals surface area contributed by atoms with E-state index in [4.69, 9.17) is 21.3 Å². The van der Waals surface area contributed by atoms with E-state index >= 15 is 0 Å². The topological polar surface area (TPSA) is 41.9 Å². The maximum atomic E-state index is 12.7. The van der Waals surface area contributed by atoms with Crippen LogP contribution in [0, 0.1) is 5.92 Å². The highest BCUT2D eigenvalue weighted by atomic mass is 79.9. The van der Waals surface area contributed by atoms with Crippen molar-refractivity contribution in [3.63, 3.8) is 0 Å². The first-order valence-electron chi connectivity index (χ1n) is 10.3. The summed E-state index contributed by atoms with van der Waals surface area (Å²) in [5.74, 6) is -0.157. The monoisotopic (exact) mass is 518 g/mol. The van der Waals surface area contributed by atoms with Crippen LogP contribution in [0.25, 0.3) is 0 Å². The largest absolute Gasteiger partial charge is 0.462 e. The molecule has 2 aliphatic heterocycles. The van der Waals surface area contributed by atoms with Gasteiger partial charge in [0.05, 0.1) is 12.6 Å². The fraction of sp³-hybridized carbons (Fsp3) is 0.333. The molecule has 2 aliphatic rings. The van der Waals surface area contributed by atoms with E-state index in [2.05, 4.69) is 53.7 Å². The third-order valence-electron chi connectivity index (χ3n) is 5.63. The van der Waals surface area contributed by atoms with Gasteiger partial charge in [-0.3, -0.25) is 0 Å². The number of halogens is 2. The van der Waals surface area contributed by atoms with Crippen molar-refractivity contribution in [1.29, 1.82) is 0 Å². The molecule has 0 saturated heterocycles. The molecule has 162 valence electrons. The van der Waals surface area contributed by atoms with Gasteiger partial charge in [0, 0.05) is 15.2 Å². The molecule has 0 aromatic heterocycles. The van der Waals surface area contributed by atoms with Gasteiger partial charge in [0.15, 0.2) is 5.17 Å². The van der Waals surface area contributed by atoms with E-state index in [0.29, 0.717) is 16.5 Å². The summed E-state index contributed by atoms with van der Waals surface area (Å²) in [7, 11) is 0. The van der Waals surface area contributed by atoms with Gasteiger partial charge < -0.3 is 9.64 Å². The van der Waals surface area contributed by atoms with Gasteiger partial charge in [-0.1, -0.05) is 65.6 Å². The van der Waals surface area contributed by atoms with Crippen LogP contribution in [-0.2, 0) is 15.1 Å². The summed E-state index contributed by atoms with van der Waals surface area (Å²) in [5, 5.41) is 1.52. The lowest BCUT2D eigenvalue weighted by Gasteiger charge is -2.37. The number of ether oxygens (including phenoxy) is 1. The molecule has 0 bridgehead atoms. The molecule has 2 atom stereocenters. The molecule has 0 saturated carbocycles. The molecule has 2 aromatic rings. The Morgan fingerprint density at radius 1 is 1.23 bits per heavy atom. The van der Waals surface area contributed by atoms with Crippen LogP contribution in [0.15, 0.2) is 68.6 Å². The predicted molar refractivity (Wildman–Crippen MR) is 131 cm³/mol. The molecule has 7 heteroatoms. The van der Waals surface area contributed by atoms with Crippen molar-refractivity contribution in [3.8, 4) is 0 Å². The van der Waals surface area contributed by atoms with E-state index < -0.39 is 5.54 Å². The number of hydrogen-bond acceptors (Lipinski definition) is 5. The van der Waals surface area contributed by atoms with Crippen molar-refractivity contribution in [1.82, 2.24) is 4.90 Å². The van der Waals surface area contributed by atoms with Crippen LogP contribution in [0.3, 0.4) is 0 Å². The Bertz CT molecular complexity index is 1070.